The standard InChI is InChI=1S/C19H22N2O4S/c1-3-25-13-6-4-12(5-7-13)10-16(22)20-18-17(19(23)24)14-8-9-21(2)11-15(14)26-18/h4-7H,3,8-11H2,1-2H3,(H,20,22)(H,23,24). The zero-order valence-electron chi connectivity index (χ0n) is 14.9. The van der Waals surface area contributed by atoms with Crippen LogP contribution in [0.2, 0.25) is 0 Å². The van der Waals surface area contributed by atoms with Gasteiger partial charge >= 0.3 is 5.97 Å². The SMILES string of the molecule is CCOc1ccc(CC(=O)Nc2sc3c(c2C(=O)O)CCN(C)C3)cc1. The molecule has 1 aliphatic rings. The fourth-order valence-electron chi connectivity index (χ4n) is 3.07. The highest BCUT2D eigenvalue weighted by Gasteiger charge is 2.27. The Morgan fingerprint density at radius 3 is 2.69 bits per heavy atom. The lowest BCUT2D eigenvalue weighted by Crippen LogP contribution is -2.26. The van der Waals surface area contributed by atoms with E-state index in [4.69, 9.17) is 4.74 Å². The number of benzene rings is 1. The van der Waals surface area contributed by atoms with Gasteiger partial charge in [0.05, 0.1) is 18.6 Å². The maximum absolute atomic E-state index is 12.4. The van der Waals surface area contributed by atoms with Crippen molar-refractivity contribution in [3.63, 3.8) is 0 Å². The zero-order chi connectivity index (χ0) is 18.7. The van der Waals surface area contributed by atoms with Crippen molar-refractivity contribution in [2.75, 3.05) is 25.5 Å². The van der Waals surface area contributed by atoms with Crippen LogP contribution in [0.25, 0.3) is 0 Å². The number of anilines is 1. The van der Waals surface area contributed by atoms with E-state index in [9.17, 15) is 14.7 Å². The Labute approximate surface area is 156 Å². The van der Waals surface area contributed by atoms with Crippen molar-refractivity contribution < 1.29 is 19.4 Å². The monoisotopic (exact) mass is 374 g/mol. The van der Waals surface area contributed by atoms with Crippen molar-refractivity contribution in [1.29, 1.82) is 0 Å². The molecule has 1 amide bonds. The van der Waals surface area contributed by atoms with Gasteiger partial charge in [-0.25, -0.2) is 4.79 Å². The smallest absolute Gasteiger partial charge is 0.339 e. The van der Waals surface area contributed by atoms with E-state index in [0.29, 0.717) is 18.0 Å². The van der Waals surface area contributed by atoms with Gasteiger partial charge in [-0.05, 0) is 43.7 Å². The van der Waals surface area contributed by atoms with Crippen LogP contribution in [0.4, 0.5) is 5.00 Å². The fraction of sp³-hybridized carbons (Fsp3) is 0.368. The summed E-state index contributed by atoms with van der Waals surface area (Å²) >= 11 is 1.37. The number of nitrogens with one attached hydrogen (secondary N) is 1. The Bertz CT molecular complexity index is 814. The minimum Gasteiger partial charge on any atom is -0.494 e. The van der Waals surface area contributed by atoms with Crippen molar-refractivity contribution in [1.82, 2.24) is 4.90 Å². The molecule has 0 aliphatic carbocycles. The lowest BCUT2D eigenvalue weighted by Gasteiger charge is -2.22. The first-order valence-corrected chi connectivity index (χ1v) is 9.37. The highest BCUT2D eigenvalue weighted by Crippen LogP contribution is 2.36. The number of carbonyl (C=O) groups is 2. The third kappa shape index (κ3) is 4.05. The summed E-state index contributed by atoms with van der Waals surface area (Å²) < 4.78 is 5.39. The number of hydrogen-bond acceptors (Lipinski definition) is 5. The Hall–Kier alpha value is -2.38. The van der Waals surface area contributed by atoms with Crippen LogP contribution in [0.5, 0.6) is 5.75 Å². The minimum atomic E-state index is -0.983. The normalized spacial score (nSPS) is 13.9. The van der Waals surface area contributed by atoms with E-state index in [1.54, 1.807) is 0 Å². The van der Waals surface area contributed by atoms with E-state index in [1.807, 2.05) is 38.2 Å². The summed E-state index contributed by atoms with van der Waals surface area (Å²) in [5.41, 5.74) is 1.96. The van der Waals surface area contributed by atoms with Crippen LogP contribution in [0.1, 0.15) is 33.3 Å². The van der Waals surface area contributed by atoms with Gasteiger partial charge in [0.15, 0.2) is 0 Å². The van der Waals surface area contributed by atoms with Gasteiger partial charge in [0.1, 0.15) is 10.8 Å². The molecule has 138 valence electrons. The summed E-state index contributed by atoms with van der Waals surface area (Å²) in [6, 6.07) is 7.34. The molecule has 0 atom stereocenters. The van der Waals surface area contributed by atoms with Crippen molar-refractivity contribution in [3.8, 4) is 5.75 Å². The third-order valence-corrected chi connectivity index (χ3v) is 5.45. The lowest BCUT2D eigenvalue weighted by atomic mass is 10.0. The van der Waals surface area contributed by atoms with Crippen molar-refractivity contribution in [3.05, 3.63) is 45.8 Å². The van der Waals surface area contributed by atoms with Crippen LogP contribution in [0.15, 0.2) is 24.3 Å². The average Bonchev–Trinajstić information content (AvgIpc) is 2.93. The molecule has 0 saturated heterocycles. The number of amides is 1. The molecule has 7 heteroatoms. The van der Waals surface area contributed by atoms with E-state index >= 15 is 0 Å². The topological polar surface area (TPSA) is 78.9 Å². The first-order valence-electron chi connectivity index (χ1n) is 8.56. The Morgan fingerprint density at radius 1 is 1.31 bits per heavy atom. The molecular formula is C19H22N2O4S. The number of carboxylic acid groups (broad SMARTS) is 1. The lowest BCUT2D eigenvalue weighted by molar-refractivity contribution is -0.115. The molecule has 26 heavy (non-hydrogen) atoms. The third-order valence-electron chi connectivity index (χ3n) is 4.31. The zero-order valence-corrected chi connectivity index (χ0v) is 15.7. The van der Waals surface area contributed by atoms with Gasteiger partial charge < -0.3 is 20.1 Å². The van der Waals surface area contributed by atoms with Gasteiger partial charge in [0.2, 0.25) is 5.91 Å². The van der Waals surface area contributed by atoms with Crippen molar-refractivity contribution >= 4 is 28.2 Å². The molecule has 2 N–H and O–H groups in total. The number of thiophene rings is 1. The number of ether oxygens (including phenoxy) is 1. The molecule has 1 aromatic carbocycles. The summed E-state index contributed by atoms with van der Waals surface area (Å²) in [6.45, 7) is 4.05. The van der Waals surface area contributed by atoms with Gasteiger partial charge in [-0.3, -0.25) is 4.79 Å². The molecule has 6 nitrogen and oxygen atoms in total. The summed E-state index contributed by atoms with van der Waals surface area (Å²) in [5.74, 6) is -0.438. The van der Waals surface area contributed by atoms with Gasteiger partial charge in [0, 0.05) is 18.0 Å². The number of aromatic carboxylic acids is 1. The molecule has 0 unspecified atom stereocenters. The Morgan fingerprint density at radius 2 is 2.04 bits per heavy atom. The van der Waals surface area contributed by atoms with E-state index in [0.717, 1.165) is 34.8 Å². The van der Waals surface area contributed by atoms with Crippen LogP contribution in [-0.2, 0) is 24.2 Å². The summed E-state index contributed by atoms with van der Waals surface area (Å²) in [6.07, 6.45) is 0.882. The highest BCUT2D eigenvalue weighted by atomic mass is 32.1. The molecule has 0 fully saturated rings. The van der Waals surface area contributed by atoms with Crippen LogP contribution in [0.3, 0.4) is 0 Å². The highest BCUT2D eigenvalue weighted by molar-refractivity contribution is 7.17. The molecule has 3 rings (SSSR count). The molecule has 0 spiro atoms. The largest absolute Gasteiger partial charge is 0.494 e. The number of likely N-dealkylation sites (N-methyl/N-ethyl adjacent to an activating group) is 1. The van der Waals surface area contributed by atoms with E-state index < -0.39 is 5.97 Å². The van der Waals surface area contributed by atoms with Gasteiger partial charge in [-0.1, -0.05) is 12.1 Å². The predicted molar refractivity (Wildman–Crippen MR) is 101 cm³/mol. The number of carboxylic acids is 1. The summed E-state index contributed by atoms with van der Waals surface area (Å²) in [4.78, 5) is 27.3. The number of fused-ring (bicyclic) bond motifs is 1. The number of rotatable bonds is 6. The molecule has 2 aromatic rings. The first-order chi connectivity index (χ1) is 12.5. The summed E-state index contributed by atoms with van der Waals surface area (Å²) in [5, 5.41) is 12.8. The quantitative estimate of drug-likeness (QED) is 0.813. The van der Waals surface area contributed by atoms with Gasteiger partial charge in [-0.2, -0.15) is 0 Å². The molecule has 1 aliphatic heterocycles. The van der Waals surface area contributed by atoms with Crippen LogP contribution >= 0.6 is 11.3 Å². The van der Waals surface area contributed by atoms with Crippen molar-refractivity contribution in [2.45, 2.75) is 26.3 Å². The number of nitrogens with zero attached hydrogens (tertiary/aromatic N) is 1. The van der Waals surface area contributed by atoms with Crippen molar-refractivity contribution in [2.24, 2.45) is 0 Å². The maximum Gasteiger partial charge on any atom is 0.339 e. The summed E-state index contributed by atoms with van der Waals surface area (Å²) in [7, 11) is 2.01. The maximum atomic E-state index is 12.4. The second-order valence-corrected chi connectivity index (χ2v) is 7.41. The minimum absolute atomic E-state index is 0.188. The fourth-order valence-corrected chi connectivity index (χ4v) is 4.41. The number of hydrogen-bond donors (Lipinski definition) is 2. The Balaban J connectivity index is 1.73. The van der Waals surface area contributed by atoms with E-state index in [2.05, 4.69) is 10.2 Å². The van der Waals surface area contributed by atoms with Gasteiger partial charge in [-0.15, -0.1) is 11.3 Å². The molecular weight excluding hydrogens is 352 g/mol. The molecule has 0 saturated carbocycles. The first kappa shape index (κ1) is 18.4. The molecule has 1 aromatic heterocycles. The van der Waals surface area contributed by atoms with E-state index in [1.165, 1.54) is 11.3 Å². The molecule has 0 bridgehead atoms. The predicted octanol–water partition coefficient (Wildman–Crippen LogP) is 3.01. The van der Waals surface area contributed by atoms with Gasteiger partial charge in [0.25, 0.3) is 0 Å². The Kier molecular flexibility index (Phi) is 5.58. The van der Waals surface area contributed by atoms with Crippen LogP contribution in [0, 0.1) is 0 Å². The van der Waals surface area contributed by atoms with Crippen LogP contribution < -0.4 is 10.1 Å². The number of carbonyl (C=O) groups excluding carboxylic acids is 1. The second kappa shape index (κ2) is 7.88. The van der Waals surface area contributed by atoms with Crippen LogP contribution in [-0.4, -0.2) is 42.1 Å². The average molecular weight is 374 g/mol. The molecule has 0 radical (unpaired) electrons. The second-order valence-electron chi connectivity index (χ2n) is 6.30. The molecule has 2 heterocycles. The van der Waals surface area contributed by atoms with E-state index in [-0.39, 0.29) is 17.9 Å².